The van der Waals surface area contributed by atoms with Gasteiger partial charge in [0.2, 0.25) is 17.7 Å². The number of rotatable bonds is 45. The summed E-state index contributed by atoms with van der Waals surface area (Å²) in [7, 11) is 1.62. The molecule has 0 saturated heterocycles. The number of methoxy groups -OCH3 is 1. The predicted molar refractivity (Wildman–Crippen MR) is 193 cm³/mol. The maximum absolute atomic E-state index is 11.8. The standard InChI is InChI=1S/C34H68N4O15/c1-42-16-17-50-25-20-45-11-4-34(41)37-5-12-46-21-28-53-31-24-49-15-8-38(6-13-47-22-29-51-26-18-43-9-2-32(35)39)7-14-48-23-30-52-27-19-44-10-3-33(36)40/h2-31H2,1H3,(H2,35,39)(H2,36,40)(H,37,41). The van der Waals surface area contributed by atoms with Crippen molar-refractivity contribution in [2.75, 3.05) is 185 Å². The van der Waals surface area contributed by atoms with Crippen molar-refractivity contribution in [2.24, 2.45) is 11.5 Å². The van der Waals surface area contributed by atoms with Crippen LogP contribution in [-0.2, 0) is 71.2 Å². The van der Waals surface area contributed by atoms with Gasteiger partial charge in [0.1, 0.15) is 0 Å². The van der Waals surface area contributed by atoms with Crippen LogP contribution in [-0.4, -0.2) is 208 Å². The Labute approximate surface area is 315 Å². The van der Waals surface area contributed by atoms with E-state index < -0.39 is 11.8 Å². The highest BCUT2D eigenvalue weighted by Gasteiger charge is 2.06. The zero-order valence-corrected chi connectivity index (χ0v) is 31.9. The SMILES string of the molecule is COCCOCCOCCC(=O)NCCOCCOCCOCCN(CCOCCOCCOCCC(N)=O)CCOCCOCCOCCC(N)=O. The summed E-state index contributed by atoms with van der Waals surface area (Å²) in [6, 6.07) is 0. The first-order chi connectivity index (χ1) is 26.0. The van der Waals surface area contributed by atoms with Gasteiger partial charge in [-0.15, -0.1) is 0 Å². The van der Waals surface area contributed by atoms with E-state index in [0.29, 0.717) is 165 Å². The quantitative estimate of drug-likeness (QED) is 0.0591. The van der Waals surface area contributed by atoms with E-state index in [9.17, 15) is 14.4 Å². The Bertz CT molecular complexity index is 784. The molecule has 0 radical (unpaired) electrons. The zero-order valence-electron chi connectivity index (χ0n) is 31.9. The van der Waals surface area contributed by atoms with Gasteiger partial charge < -0.3 is 73.6 Å². The zero-order chi connectivity index (χ0) is 38.7. The minimum Gasteiger partial charge on any atom is -0.382 e. The summed E-state index contributed by atoms with van der Waals surface area (Å²) in [6.45, 7) is 12.4. The van der Waals surface area contributed by atoms with Crippen molar-refractivity contribution in [2.45, 2.75) is 19.3 Å². The molecule has 19 heteroatoms. The van der Waals surface area contributed by atoms with Gasteiger partial charge in [0.25, 0.3) is 0 Å². The van der Waals surface area contributed by atoms with Crippen LogP contribution in [0.4, 0.5) is 0 Å². The minimum absolute atomic E-state index is 0.0905. The Morgan fingerprint density at radius 1 is 0.396 bits per heavy atom. The molecule has 0 spiro atoms. The van der Waals surface area contributed by atoms with Gasteiger partial charge in [-0.05, 0) is 0 Å². The van der Waals surface area contributed by atoms with Crippen molar-refractivity contribution in [3.8, 4) is 0 Å². The molecule has 0 heterocycles. The molecule has 0 aromatic rings. The monoisotopic (exact) mass is 772 g/mol. The van der Waals surface area contributed by atoms with E-state index in [0.717, 1.165) is 0 Å². The van der Waals surface area contributed by atoms with Gasteiger partial charge in [0.15, 0.2) is 0 Å². The summed E-state index contributed by atoms with van der Waals surface area (Å²) in [4.78, 5) is 35.4. The Morgan fingerprint density at radius 2 is 0.679 bits per heavy atom. The first kappa shape index (κ1) is 50.9. The van der Waals surface area contributed by atoms with Gasteiger partial charge in [-0.2, -0.15) is 0 Å². The fourth-order valence-corrected chi connectivity index (χ4v) is 3.87. The van der Waals surface area contributed by atoms with Crippen molar-refractivity contribution in [1.82, 2.24) is 10.2 Å². The fraction of sp³-hybridized carbons (Fsp3) is 0.912. The number of nitrogens with one attached hydrogen (secondary N) is 1. The summed E-state index contributed by atoms with van der Waals surface area (Å²) in [5.74, 6) is -0.875. The number of hydrogen-bond acceptors (Lipinski definition) is 16. The largest absolute Gasteiger partial charge is 0.382 e. The molecule has 314 valence electrons. The van der Waals surface area contributed by atoms with Crippen LogP contribution in [0.1, 0.15) is 19.3 Å². The smallest absolute Gasteiger partial charge is 0.222 e. The maximum atomic E-state index is 11.8. The second kappa shape index (κ2) is 42.6. The molecule has 0 aromatic carbocycles. The Balaban J connectivity index is 3.93. The average Bonchev–Trinajstić information content (AvgIpc) is 3.13. The van der Waals surface area contributed by atoms with E-state index in [4.69, 9.17) is 68.3 Å². The Hall–Kier alpha value is -2.11. The minimum atomic E-state index is -0.392. The predicted octanol–water partition coefficient (Wildman–Crippen LogP) is -1.63. The molecule has 0 bridgehead atoms. The maximum Gasteiger partial charge on any atom is 0.222 e. The van der Waals surface area contributed by atoms with E-state index in [2.05, 4.69) is 10.2 Å². The molecular weight excluding hydrogens is 704 g/mol. The lowest BCUT2D eigenvalue weighted by Crippen LogP contribution is -2.34. The molecule has 5 N–H and O–H groups in total. The molecule has 0 rings (SSSR count). The van der Waals surface area contributed by atoms with Crippen LogP contribution in [0.25, 0.3) is 0 Å². The number of ether oxygens (including phenoxy) is 12. The highest BCUT2D eigenvalue weighted by molar-refractivity contribution is 5.76. The molecule has 0 aliphatic rings. The van der Waals surface area contributed by atoms with Crippen LogP contribution in [0.3, 0.4) is 0 Å². The lowest BCUT2D eigenvalue weighted by molar-refractivity contribution is -0.122. The normalized spacial score (nSPS) is 11.4. The molecule has 19 nitrogen and oxygen atoms in total. The van der Waals surface area contributed by atoms with Crippen LogP contribution in [0, 0.1) is 0 Å². The van der Waals surface area contributed by atoms with E-state index in [-0.39, 0.29) is 38.4 Å². The Kier molecular flexibility index (Phi) is 40.9. The second-order valence-corrected chi connectivity index (χ2v) is 11.1. The van der Waals surface area contributed by atoms with E-state index >= 15 is 0 Å². The number of carbonyl (C=O) groups is 3. The number of carbonyl (C=O) groups excluding carboxylic acids is 3. The van der Waals surface area contributed by atoms with Crippen molar-refractivity contribution in [3.63, 3.8) is 0 Å². The van der Waals surface area contributed by atoms with Crippen molar-refractivity contribution < 1.29 is 71.2 Å². The first-order valence-electron chi connectivity index (χ1n) is 18.4. The number of primary amides is 2. The third-order valence-electron chi connectivity index (χ3n) is 6.72. The number of nitrogens with two attached hydrogens (primary N) is 2. The molecule has 0 unspecified atom stereocenters. The van der Waals surface area contributed by atoms with Crippen LogP contribution in [0.15, 0.2) is 0 Å². The van der Waals surface area contributed by atoms with Gasteiger partial charge in [-0.1, -0.05) is 0 Å². The molecular formula is C34H68N4O15. The van der Waals surface area contributed by atoms with Gasteiger partial charge in [-0.25, -0.2) is 0 Å². The van der Waals surface area contributed by atoms with Gasteiger partial charge in [-0.3, -0.25) is 19.3 Å². The first-order valence-corrected chi connectivity index (χ1v) is 18.4. The van der Waals surface area contributed by atoms with Gasteiger partial charge in [0.05, 0.1) is 152 Å². The third-order valence-corrected chi connectivity index (χ3v) is 6.72. The topological polar surface area (TPSA) is 229 Å². The Morgan fingerprint density at radius 3 is 1.02 bits per heavy atom. The summed E-state index contributed by atoms with van der Waals surface area (Å²) in [5, 5.41) is 2.79. The van der Waals surface area contributed by atoms with Crippen molar-refractivity contribution in [3.05, 3.63) is 0 Å². The van der Waals surface area contributed by atoms with Crippen LogP contribution >= 0.6 is 0 Å². The molecule has 0 atom stereocenters. The molecule has 3 amide bonds. The number of nitrogens with zero attached hydrogens (tertiary/aromatic N) is 1. The molecule has 0 aromatic heterocycles. The molecule has 0 fully saturated rings. The molecule has 0 aliphatic carbocycles. The highest BCUT2D eigenvalue weighted by Crippen LogP contribution is 1.94. The molecule has 0 saturated carbocycles. The lowest BCUT2D eigenvalue weighted by atomic mass is 10.4. The molecule has 0 aliphatic heterocycles. The summed E-state index contributed by atoms with van der Waals surface area (Å²) < 4.78 is 65.3. The van der Waals surface area contributed by atoms with Gasteiger partial charge in [0, 0.05) is 52.6 Å². The van der Waals surface area contributed by atoms with Crippen molar-refractivity contribution in [1.29, 1.82) is 0 Å². The van der Waals surface area contributed by atoms with Crippen LogP contribution in [0.5, 0.6) is 0 Å². The van der Waals surface area contributed by atoms with E-state index in [1.165, 1.54) is 0 Å². The van der Waals surface area contributed by atoms with Crippen molar-refractivity contribution >= 4 is 17.7 Å². The number of hydrogen-bond donors (Lipinski definition) is 3. The lowest BCUT2D eigenvalue weighted by Gasteiger charge is -2.22. The average molecular weight is 773 g/mol. The fourth-order valence-electron chi connectivity index (χ4n) is 3.87. The second-order valence-electron chi connectivity index (χ2n) is 11.1. The number of amides is 3. The summed E-state index contributed by atoms with van der Waals surface area (Å²) in [6.07, 6.45) is 0.672. The third kappa shape index (κ3) is 44.2. The van der Waals surface area contributed by atoms with Crippen LogP contribution in [0.2, 0.25) is 0 Å². The summed E-state index contributed by atoms with van der Waals surface area (Å²) >= 11 is 0. The van der Waals surface area contributed by atoms with E-state index in [1.54, 1.807) is 7.11 Å². The van der Waals surface area contributed by atoms with E-state index in [1.807, 2.05) is 0 Å². The van der Waals surface area contributed by atoms with Crippen LogP contribution < -0.4 is 16.8 Å². The highest BCUT2D eigenvalue weighted by atomic mass is 16.6. The molecule has 53 heavy (non-hydrogen) atoms. The summed E-state index contributed by atoms with van der Waals surface area (Å²) in [5.41, 5.74) is 10.1. The van der Waals surface area contributed by atoms with Gasteiger partial charge >= 0.3 is 0 Å².